The molecule has 0 aromatic carbocycles. The Morgan fingerprint density at radius 3 is 2.81 bits per heavy atom. The van der Waals surface area contributed by atoms with E-state index in [2.05, 4.69) is 20.8 Å². The van der Waals surface area contributed by atoms with E-state index in [0.29, 0.717) is 23.3 Å². The number of aromatic nitrogens is 3. The number of urea groups is 1. The van der Waals surface area contributed by atoms with Gasteiger partial charge in [0.2, 0.25) is 11.8 Å². The SMILES string of the molecule is CCCCNC(=O)NC(=O)CSc1nnc(-c2ccco2)n1CCC(N)=O. The average molecular weight is 394 g/mol. The van der Waals surface area contributed by atoms with Crippen molar-refractivity contribution in [3.8, 4) is 11.6 Å². The number of hydrogen-bond donors (Lipinski definition) is 3. The van der Waals surface area contributed by atoms with Gasteiger partial charge in [-0.2, -0.15) is 0 Å². The van der Waals surface area contributed by atoms with Crippen LogP contribution in [0.1, 0.15) is 26.2 Å². The highest BCUT2D eigenvalue weighted by atomic mass is 32.2. The largest absolute Gasteiger partial charge is 0.461 e. The molecule has 0 radical (unpaired) electrons. The first-order chi connectivity index (χ1) is 13.0. The van der Waals surface area contributed by atoms with Gasteiger partial charge in [0.05, 0.1) is 12.0 Å². The molecule has 0 aliphatic heterocycles. The summed E-state index contributed by atoms with van der Waals surface area (Å²) >= 11 is 1.10. The van der Waals surface area contributed by atoms with E-state index >= 15 is 0 Å². The van der Waals surface area contributed by atoms with Gasteiger partial charge >= 0.3 is 6.03 Å². The van der Waals surface area contributed by atoms with Crippen LogP contribution in [0.25, 0.3) is 11.6 Å². The quantitative estimate of drug-likeness (QED) is 0.404. The van der Waals surface area contributed by atoms with Crippen LogP contribution in [0.3, 0.4) is 0 Å². The first kappa shape index (κ1) is 20.5. The van der Waals surface area contributed by atoms with Gasteiger partial charge in [0.25, 0.3) is 0 Å². The number of rotatable bonds is 10. The summed E-state index contributed by atoms with van der Waals surface area (Å²) in [6.45, 7) is 2.77. The number of carbonyl (C=O) groups is 3. The van der Waals surface area contributed by atoms with Gasteiger partial charge in [-0.15, -0.1) is 10.2 Å². The summed E-state index contributed by atoms with van der Waals surface area (Å²) in [6, 6.07) is 2.90. The number of furan rings is 1. The summed E-state index contributed by atoms with van der Waals surface area (Å²) in [6.07, 6.45) is 3.38. The fraction of sp³-hybridized carbons (Fsp3) is 0.438. The van der Waals surface area contributed by atoms with Gasteiger partial charge in [-0.25, -0.2) is 4.79 Å². The predicted octanol–water partition coefficient (Wildman–Crippen LogP) is 1.13. The zero-order valence-corrected chi connectivity index (χ0v) is 15.8. The summed E-state index contributed by atoms with van der Waals surface area (Å²) < 4.78 is 6.98. The summed E-state index contributed by atoms with van der Waals surface area (Å²) in [5, 5.41) is 13.4. The molecule has 4 amide bonds. The third-order valence-electron chi connectivity index (χ3n) is 3.44. The van der Waals surface area contributed by atoms with E-state index in [1.165, 1.54) is 6.26 Å². The zero-order chi connectivity index (χ0) is 19.6. The van der Waals surface area contributed by atoms with Crippen molar-refractivity contribution in [2.75, 3.05) is 12.3 Å². The summed E-state index contributed by atoms with van der Waals surface area (Å²) in [5.74, 6) is -0.0433. The van der Waals surface area contributed by atoms with E-state index in [1.54, 1.807) is 16.7 Å². The van der Waals surface area contributed by atoms with Crippen LogP contribution in [0.5, 0.6) is 0 Å². The number of unbranched alkanes of at least 4 members (excludes halogenated alkanes) is 1. The molecule has 4 N–H and O–H groups in total. The number of thioether (sulfide) groups is 1. The highest BCUT2D eigenvalue weighted by Crippen LogP contribution is 2.24. The molecule has 2 heterocycles. The minimum Gasteiger partial charge on any atom is -0.461 e. The van der Waals surface area contributed by atoms with Crippen LogP contribution < -0.4 is 16.4 Å². The Morgan fingerprint density at radius 1 is 1.33 bits per heavy atom. The number of nitrogens with zero attached hydrogens (tertiary/aromatic N) is 3. The van der Waals surface area contributed by atoms with Crippen molar-refractivity contribution in [1.82, 2.24) is 25.4 Å². The van der Waals surface area contributed by atoms with Crippen molar-refractivity contribution in [2.24, 2.45) is 5.73 Å². The van der Waals surface area contributed by atoms with Crippen molar-refractivity contribution in [3.63, 3.8) is 0 Å². The first-order valence-corrected chi connectivity index (χ1v) is 9.45. The lowest BCUT2D eigenvalue weighted by molar-refractivity contribution is -0.118. The maximum Gasteiger partial charge on any atom is 0.321 e. The van der Waals surface area contributed by atoms with Crippen LogP contribution in [0.2, 0.25) is 0 Å². The lowest BCUT2D eigenvalue weighted by atomic mass is 10.3. The highest BCUT2D eigenvalue weighted by Gasteiger charge is 2.18. The molecule has 0 unspecified atom stereocenters. The fourth-order valence-electron chi connectivity index (χ4n) is 2.12. The molecule has 0 saturated carbocycles. The second kappa shape index (κ2) is 10.4. The highest BCUT2D eigenvalue weighted by molar-refractivity contribution is 7.99. The predicted molar refractivity (Wildman–Crippen MR) is 98.7 cm³/mol. The number of nitrogens with two attached hydrogens (primary N) is 1. The van der Waals surface area contributed by atoms with E-state index in [4.69, 9.17) is 10.2 Å². The minimum absolute atomic E-state index is 0.0337. The number of primary amides is 1. The molecule has 0 atom stereocenters. The van der Waals surface area contributed by atoms with Crippen LogP contribution in [0, 0.1) is 0 Å². The number of amides is 4. The fourth-order valence-corrected chi connectivity index (χ4v) is 2.89. The molecule has 0 aliphatic carbocycles. The molecule has 2 aromatic heterocycles. The van der Waals surface area contributed by atoms with Crippen molar-refractivity contribution >= 4 is 29.6 Å². The Balaban J connectivity index is 1.97. The van der Waals surface area contributed by atoms with E-state index in [9.17, 15) is 14.4 Å². The van der Waals surface area contributed by atoms with Crippen LogP contribution in [0.4, 0.5) is 4.79 Å². The zero-order valence-electron chi connectivity index (χ0n) is 14.9. The van der Waals surface area contributed by atoms with Gasteiger partial charge in [0, 0.05) is 19.5 Å². The van der Waals surface area contributed by atoms with E-state index < -0.39 is 17.8 Å². The lowest BCUT2D eigenvalue weighted by Gasteiger charge is -2.08. The summed E-state index contributed by atoms with van der Waals surface area (Å²) in [5.41, 5.74) is 5.22. The molecule has 0 spiro atoms. The van der Waals surface area contributed by atoms with E-state index in [0.717, 1.165) is 24.6 Å². The van der Waals surface area contributed by atoms with Crippen LogP contribution in [-0.2, 0) is 16.1 Å². The lowest BCUT2D eigenvalue weighted by Crippen LogP contribution is -2.40. The maximum atomic E-state index is 11.9. The Labute approximate surface area is 160 Å². The molecule has 2 rings (SSSR count). The molecule has 11 heteroatoms. The Kier molecular flexibility index (Phi) is 7.86. The Morgan fingerprint density at radius 2 is 2.15 bits per heavy atom. The number of carbonyl (C=O) groups excluding carboxylic acids is 3. The first-order valence-electron chi connectivity index (χ1n) is 8.47. The van der Waals surface area contributed by atoms with Gasteiger partial charge in [-0.05, 0) is 18.6 Å². The third-order valence-corrected chi connectivity index (χ3v) is 4.41. The van der Waals surface area contributed by atoms with Crippen molar-refractivity contribution in [2.45, 2.75) is 37.9 Å². The molecule has 0 aliphatic rings. The summed E-state index contributed by atoms with van der Waals surface area (Å²) in [4.78, 5) is 34.7. The van der Waals surface area contributed by atoms with Gasteiger partial charge in [0.1, 0.15) is 0 Å². The van der Waals surface area contributed by atoms with Crippen molar-refractivity contribution < 1.29 is 18.8 Å². The number of imide groups is 1. The van der Waals surface area contributed by atoms with Crippen molar-refractivity contribution in [1.29, 1.82) is 0 Å². The maximum absolute atomic E-state index is 11.9. The van der Waals surface area contributed by atoms with Crippen molar-refractivity contribution in [3.05, 3.63) is 18.4 Å². The van der Waals surface area contributed by atoms with Crippen LogP contribution >= 0.6 is 11.8 Å². The molecule has 0 bridgehead atoms. The number of nitrogens with one attached hydrogen (secondary N) is 2. The van der Waals surface area contributed by atoms with E-state index in [1.807, 2.05) is 6.92 Å². The molecule has 27 heavy (non-hydrogen) atoms. The summed E-state index contributed by atoms with van der Waals surface area (Å²) in [7, 11) is 0. The standard InChI is InChI=1S/C16H22N6O4S/c1-2-3-7-18-15(25)19-13(24)10-27-16-21-20-14(11-5-4-9-26-11)22(16)8-6-12(17)23/h4-5,9H,2-3,6-8,10H2,1H3,(H2,17,23)(H2,18,19,24,25). The minimum atomic E-state index is -0.527. The van der Waals surface area contributed by atoms with Gasteiger partial charge in [-0.3, -0.25) is 19.5 Å². The molecular formula is C16H22N6O4S. The molecule has 10 nitrogen and oxygen atoms in total. The van der Waals surface area contributed by atoms with Gasteiger partial charge in [0.15, 0.2) is 16.7 Å². The number of hydrogen-bond acceptors (Lipinski definition) is 7. The monoisotopic (exact) mass is 394 g/mol. The molecule has 146 valence electrons. The van der Waals surface area contributed by atoms with Crippen LogP contribution in [-0.4, -0.2) is 44.9 Å². The third kappa shape index (κ3) is 6.44. The molecular weight excluding hydrogens is 372 g/mol. The molecule has 2 aromatic rings. The average Bonchev–Trinajstić information content (AvgIpc) is 3.27. The molecule has 0 saturated heterocycles. The Hall–Kier alpha value is -2.82. The smallest absolute Gasteiger partial charge is 0.321 e. The second-order valence-corrected chi connectivity index (χ2v) is 6.54. The Bertz CT molecular complexity index is 774. The normalized spacial score (nSPS) is 10.6. The topological polar surface area (TPSA) is 145 Å². The van der Waals surface area contributed by atoms with Crippen LogP contribution in [0.15, 0.2) is 28.0 Å². The molecule has 0 fully saturated rings. The van der Waals surface area contributed by atoms with E-state index in [-0.39, 0.29) is 18.7 Å². The van der Waals surface area contributed by atoms with Gasteiger partial charge < -0.3 is 15.5 Å². The van der Waals surface area contributed by atoms with Gasteiger partial charge in [-0.1, -0.05) is 25.1 Å². The second-order valence-electron chi connectivity index (χ2n) is 5.60.